The van der Waals surface area contributed by atoms with Crippen molar-refractivity contribution in [1.29, 1.82) is 0 Å². The van der Waals surface area contributed by atoms with E-state index in [1.54, 1.807) is 0 Å². The zero-order valence-corrected chi connectivity index (χ0v) is 37.2. The van der Waals surface area contributed by atoms with Crippen LogP contribution in [-0.4, -0.2) is 99.5 Å². The lowest BCUT2D eigenvalue weighted by molar-refractivity contribution is -0.140. The number of fused-ring (bicyclic) bond motifs is 1. The lowest BCUT2D eigenvalue weighted by Crippen LogP contribution is -2.52. The molecule has 2 aliphatic rings. The second kappa shape index (κ2) is 25.6. The summed E-state index contributed by atoms with van der Waals surface area (Å²) in [5, 5.41) is 34.5. The van der Waals surface area contributed by atoms with Crippen molar-refractivity contribution in [2.45, 2.75) is 152 Å². The Morgan fingerprint density at radius 1 is 0.631 bits per heavy atom. The minimum Gasteiger partial charge on any atom is -0.481 e. The van der Waals surface area contributed by atoms with Crippen LogP contribution in [0.1, 0.15) is 114 Å². The highest BCUT2D eigenvalue weighted by molar-refractivity contribution is 5.86. The number of carboxylic acid groups (broad SMARTS) is 2. The topological polar surface area (TPSA) is 288 Å². The molecule has 0 radical (unpaired) electrons. The van der Waals surface area contributed by atoms with Crippen LogP contribution in [-0.2, 0) is 46.4 Å². The van der Waals surface area contributed by atoms with Crippen molar-refractivity contribution in [2.75, 3.05) is 6.54 Å². The maximum Gasteiger partial charge on any atom is 0.305 e. The van der Waals surface area contributed by atoms with E-state index in [0.717, 1.165) is 54.1 Å². The molecule has 2 aliphatic carbocycles. The largest absolute Gasteiger partial charge is 0.481 e. The third-order valence-corrected chi connectivity index (χ3v) is 12.7. The Hall–Kier alpha value is -5.81. The van der Waals surface area contributed by atoms with E-state index in [1.807, 2.05) is 60.8 Å². The Morgan fingerprint density at radius 3 is 1.88 bits per heavy atom. The van der Waals surface area contributed by atoms with Crippen LogP contribution in [0.5, 0.6) is 0 Å². The minimum absolute atomic E-state index is 0.0243. The monoisotopic (exact) mass is 901 g/mol. The number of nitrogens with two attached hydrogens (primary N) is 2. The van der Waals surface area contributed by atoms with Gasteiger partial charge in [-0.05, 0) is 81.5 Å². The molecule has 0 spiro atoms. The van der Waals surface area contributed by atoms with Crippen LogP contribution in [0, 0.1) is 11.8 Å². The molecule has 3 aromatic rings. The molecule has 1 aromatic heterocycles. The summed E-state index contributed by atoms with van der Waals surface area (Å²) in [4.78, 5) is 94.5. The van der Waals surface area contributed by atoms with E-state index in [2.05, 4.69) is 31.6 Å². The van der Waals surface area contributed by atoms with E-state index >= 15 is 0 Å². The summed E-state index contributed by atoms with van der Waals surface area (Å²) in [5.41, 5.74) is 15.0. The number of rotatable bonds is 25. The fourth-order valence-corrected chi connectivity index (χ4v) is 9.37. The molecule has 8 atom stereocenters. The van der Waals surface area contributed by atoms with Gasteiger partial charge in [-0.1, -0.05) is 74.2 Å². The standard InChI is InChI=1S/C48H68N8O9/c49-22-10-13-32(52-43(58)27-35(55-47(64)37-15-4-7-17-39(37)50)24-31-29-51-40-18-8-5-14-36(31)40)25-44(59)56-41-19-9-6-16-38(41)48(65)54-34(23-30-11-2-1-3-12-30)26-42(57)53-33(28-46(62)63)20-21-45(60)61/h1-3,5,8,11-12,14,18,29,32-35,37-39,41,51H,4,6-7,9-10,13,15-17,19-28,49-50H2,(H,52,58)(H,53,57)(H,54,65)(H,55,64)(H,56,59)(H,60,61)(H,62,63)/t32-,33-,34-,35-,37+,38+,39+,41+/m0/s1. The molecule has 0 saturated heterocycles. The zero-order valence-electron chi connectivity index (χ0n) is 37.2. The number of nitrogens with one attached hydrogen (secondary N) is 6. The molecule has 17 nitrogen and oxygen atoms in total. The van der Waals surface area contributed by atoms with Gasteiger partial charge in [0, 0.05) is 79.0 Å². The molecule has 12 N–H and O–H groups in total. The summed E-state index contributed by atoms with van der Waals surface area (Å²) < 4.78 is 0. The van der Waals surface area contributed by atoms with Gasteiger partial charge in [-0.25, -0.2) is 0 Å². The third kappa shape index (κ3) is 16.6. The van der Waals surface area contributed by atoms with E-state index in [9.17, 15) is 38.7 Å². The Labute approximate surface area is 380 Å². The molecule has 5 rings (SSSR count). The fourth-order valence-electron chi connectivity index (χ4n) is 9.37. The number of carboxylic acids is 2. The Morgan fingerprint density at radius 2 is 1.22 bits per heavy atom. The summed E-state index contributed by atoms with van der Waals surface area (Å²) >= 11 is 0. The molecule has 17 heteroatoms. The maximum absolute atomic E-state index is 14.1. The van der Waals surface area contributed by atoms with Gasteiger partial charge in [-0.3, -0.25) is 33.6 Å². The molecule has 1 heterocycles. The molecule has 5 amide bonds. The molecule has 2 saturated carbocycles. The number of hydrogen-bond acceptors (Lipinski definition) is 9. The highest BCUT2D eigenvalue weighted by atomic mass is 16.4. The molecule has 354 valence electrons. The number of hydrogen-bond donors (Lipinski definition) is 10. The van der Waals surface area contributed by atoms with Gasteiger partial charge in [0.05, 0.1) is 18.3 Å². The van der Waals surface area contributed by atoms with Gasteiger partial charge in [0.2, 0.25) is 29.5 Å². The third-order valence-electron chi connectivity index (χ3n) is 12.7. The molecule has 2 aromatic carbocycles. The van der Waals surface area contributed by atoms with Crippen LogP contribution >= 0.6 is 0 Å². The first-order valence-corrected chi connectivity index (χ1v) is 23.2. The van der Waals surface area contributed by atoms with E-state index in [-0.39, 0.29) is 67.7 Å². The molecule has 2 fully saturated rings. The Bertz CT molecular complexity index is 2060. The number of para-hydroxylation sites is 1. The number of amides is 5. The second-order valence-corrected chi connectivity index (χ2v) is 17.9. The average molecular weight is 901 g/mol. The van der Waals surface area contributed by atoms with Crippen molar-refractivity contribution in [3.63, 3.8) is 0 Å². The number of aliphatic carboxylic acids is 2. The van der Waals surface area contributed by atoms with Crippen molar-refractivity contribution in [2.24, 2.45) is 23.3 Å². The predicted octanol–water partition coefficient (Wildman–Crippen LogP) is 3.33. The van der Waals surface area contributed by atoms with Crippen molar-refractivity contribution in [1.82, 2.24) is 31.6 Å². The number of H-pyrrole nitrogens is 1. The molecule has 0 unspecified atom stereocenters. The highest BCUT2D eigenvalue weighted by Crippen LogP contribution is 2.27. The van der Waals surface area contributed by atoms with Gasteiger partial charge in [0.25, 0.3) is 0 Å². The van der Waals surface area contributed by atoms with Crippen molar-refractivity contribution < 1.29 is 43.8 Å². The number of benzene rings is 2. The number of carbonyl (C=O) groups excluding carboxylic acids is 5. The van der Waals surface area contributed by atoms with Crippen LogP contribution in [0.4, 0.5) is 0 Å². The molecule has 0 aliphatic heterocycles. The van der Waals surface area contributed by atoms with Gasteiger partial charge in [0.1, 0.15) is 0 Å². The quantitative estimate of drug-likeness (QED) is 0.0589. The maximum atomic E-state index is 14.1. The molecular formula is C48H68N8O9. The SMILES string of the molecule is NCCC[C@@H](CC(=O)N[C@@H]1CCCC[C@H]1C(=O)N[C@H](CC(=O)N[C@@H](CCC(=O)O)CC(=O)O)Cc1ccccc1)NC(=O)C[C@H](Cc1c[nH]c2ccccc12)NC(=O)[C@@H]1CCCC[C@H]1N. The minimum atomic E-state index is -1.18. The average Bonchev–Trinajstić information content (AvgIpc) is 3.67. The Kier molecular flexibility index (Phi) is 19.8. The van der Waals surface area contributed by atoms with Crippen LogP contribution in [0.3, 0.4) is 0 Å². The van der Waals surface area contributed by atoms with Crippen molar-refractivity contribution in [3.8, 4) is 0 Å². The predicted molar refractivity (Wildman–Crippen MR) is 245 cm³/mol. The van der Waals surface area contributed by atoms with Crippen molar-refractivity contribution in [3.05, 3.63) is 71.9 Å². The van der Waals surface area contributed by atoms with E-state index in [0.29, 0.717) is 51.5 Å². The van der Waals surface area contributed by atoms with Crippen LogP contribution in [0.2, 0.25) is 0 Å². The summed E-state index contributed by atoms with van der Waals surface area (Å²) in [7, 11) is 0. The van der Waals surface area contributed by atoms with Crippen molar-refractivity contribution >= 4 is 52.4 Å². The van der Waals surface area contributed by atoms with Gasteiger partial charge in [0.15, 0.2) is 0 Å². The van der Waals surface area contributed by atoms with Gasteiger partial charge in [-0.2, -0.15) is 0 Å². The molecule has 65 heavy (non-hydrogen) atoms. The van der Waals surface area contributed by atoms with E-state index < -0.39 is 60.4 Å². The summed E-state index contributed by atoms with van der Waals surface area (Å²) in [5.74, 6) is -4.91. The summed E-state index contributed by atoms with van der Waals surface area (Å²) in [6.45, 7) is 0.352. The van der Waals surface area contributed by atoms with E-state index in [1.165, 1.54) is 0 Å². The summed E-state index contributed by atoms with van der Waals surface area (Å²) in [6.07, 6.45) is 8.44. The lowest BCUT2D eigenvalue weighted by atomic mass is 9.83. The first kappa shape index (κ1) is 50.2. The van der Waals surface area contributed by atoms with Gasteiger partial charge in [-0.15, -0.1) is 0 Å². The van der Waals surface area contributed by atoms with Crippen LogP contribution < -0.4 is 38.1 Å². The van der Waals surface area contributed by atoms with Crippen LogP contribution in [0.15, 0.2) is 60.8 Å². The second-order valence-electron chi connectivity index (χ2n) is 17.9. The van der Waals surface area contributed by atoms with Gasteiger partial charge >= 0.3 is 11.9 Å². The first-order valence-electron chi connectivity index (χ1n) is 23.2. The molecular weight excluding hydrogens is 833 g/mol. The zero-order chi connectivity index (χ0) is 46.7. The Balaban J connectivity index is 1.23. The fraction of sp³-hybridized carbons (Fsp3) is 0.562. The first-order chi connectivity index (χ1) is 31.3. The van der Waals surface area contributed by atoms with Gasteiger partial charge < -0.3 is 53.2 Å². The number of carbonyl (C=O) groups is 7. The highest BCUT2D eigenvalue weighted by Gasteiger charge is 2.35. The van der Waals surface area contributed by atoms with E-state index in [4.69, 9.17) is 16.6 Å². The van der Waals surface area contributed by atoms with Crippen LogP contribution in [0.25, 0.3) is 10.9 Å². The normalized spacial score (nSPS) is 20.3. The number of aromatic nitrogens is 1. The smallest absolute Gasteiger partial charge is 0.305 e. The summed E-state index contributed by atoms with van der Waals surface area (Å²) in [6, 6.07) is 13.7. The lowest BCUT2D eigenvalue weighted by Gasteiger charge is -2.33. The number of aromatic amines is 1. The molecule has 0 bridgehead atoms.